The highest BCUT2D eigenvalue weighted by molar-refractivity contribution is 8.76. The SMILES string of the molecule is CCN1\C(=C/C=C/C=C/C2=[N+](CCCCCC(=O)NCCSSCOCCCCCCC(=O)NCC#Cc3cn([C@H]4C[C@@H](OCS(C)=S)[C@@H](COP(=O)(O)OP(=O)(O)OP(=O)(O)O)O4)c4c3C(=O)CC(N)=C4)c3ccc(S(=O)(=O)O)cc3C2(C)C)C(C)(C)c2ccccc21.O=S(=O)=O. The normalized spacial score (nSPS) is 19.8. The van der Waals surface area contributed by atoms with Gasteiger partial charge in [0, 0.05) is 97.5 Å². The highest BCUT2D eigenvalue weighted by atomic mass is 33.1. The monoisotopic (exact) mass is 1540 g/mol. The van der Waals surface area contributed by atoms with Crippen LogP contribution in [0.15, 0.2) is 95.3 Å². The molecule has 1 fully saturated rings. The van der Waals surface area contributed by atoms with E-state index >= 15 is 0 Å². The van der Waals surface area contributed by atoms with Crippen LogP contribution in [0.5, 0.6) is 0 Å². The number of fused-ring (bicyclic) bond motifs is 3. The molecule has 0 radical (unpaired) electrons. The molecule has 1 saturated heterocycles. The lowest BCUT2D eigenvalue weighted by molar-refractivity contribution is -0.438. The molecular weight excluding hydrogens is 1450 g/mol. The maximum Gasteiger partial charge on any atom is 0.490 e. The number of hydrogen-bond donors (Lipinski definition) is 8. The lowest BCUT2D eigenvalue weighted by atomic mass is 9.81. The number of ether oxygens (including phenoxy) is 3. The second kappa shape index (κ2) is 37.4. The van der Waals surface area contributed by atoms with Gasteiger partial charge in [-0.05, 0) is 99.8 Å². The van der Waals surface area contributed by atoms with Crippen molar-refractivity contribution < 1.29 is 105 Å². The largest absolute Gasteiger partial charge is 0.490 e. The van der Waals surface area contributed by atoms with E-state index in [1.54, 1.807) is 56.8 Å². The molecule has 4 aliphatic rings. The fraction of sp³-hybridized carbons (Fsp3) is 0.508. The summed E-state index contributed by atoms with van der Waals surface area (Å²) in [4.78, 5) is 78.3. The first kappa shape index (κ1) is 82.2. The molecular formula is C61H84N6O22P3S6+. The number of carbonyl (C=O) groups excluding carboxylic acids is 3. The van der Waals surface area contributed by atoms with Crippen LogP contribution in [0, 0.1) is 11.8 Å². The van der Waals surface area contributed by atoms with Crippen molar-refractivity contribution in [2.24, 2.45) is 5.73 Å². The van der Waals surface area contributed by atoms with Crippen LogP contribution in [-0.2, 0) is 103 Å². The van der Waals surface area contributed by atoms with Crippen LogP contribution >= 0.6 is 45.1 Å². The van der Waals surface area contributed by atoms with Crippen LogP contribution in [0.25, 0.3) is 6.08 Å². The first-order valence-electron chi connectivity index (χ1n) is 31.0. The van der Waals surface area contributed by atoms with E-state index in [1.807, 2.05) is 12.2 Å². The summed E-state index contributed by atoms with van der Waals surface area (Å²) >= 11 is 5.25. The van der Waals surface area contributed by atoms with E-state index in [-0.39, 0.29) is 64.5 Å². The van der Waals surface area contributed by atoms with Gasteiger partial charge in [-0.25, -0.2) is 13.7 Å². The quantitative estimate of drug-likeness (QED) is 0.00394. The summed E-state index contributed by atoms with van der Waals surface area (Å²) in [6.45, 7) is 12.6. The molecule has 4 heterocycles. The molecule has 3 aliphatic heterocycles. The number of carbonyl (C=O) groups is 3. The topological polar surface area (TPSA) is 406 Å². The molecule has 2 amide bonds. The van der Waals surface area contributed by atoms with Gasteiger partial charge in [0.25, 0.3) is 10.1 Å². The fourth-order valence-electron chi connectivity index (χ4n) is 11.5. The number of nitrogens with two attached hydrogens (primary N) is 1. The van der Waals surface area contributed by atoms with Gasteiger partial charge in [0.05, 0.1) is 58.7 Å². The summed E-state index contributed by atoms with van der Waals surface area (Å²) < 4.78 is 129. The summed E-state index contributed by atoms with van der Waals surface area (Å²) in [5.74, 6) is 6.65. The van der Waals surface area contributed by atoms with Gasteiger partial charge in [-0.2, -0.15) is 21.6 Å². The van der Waals surface area contributed by atoms with E-state index in [1.165, 1.54) is 23.0 Å². The van der Waals surface area contributed by atoms with E-state index in [0.29, 0.717) is 62.6 Å². The number of allylic oxidation sites excluding steroid dienone is 7. The van der Waals surface area contributed by atoms with E-state index in [9.17, 15) is 50.8 Å². The van der Waals surface area contributed by atoms with Crippen LogP contribution in [-0.4, -0.2) is 153 Å². The molecule has 0 bridgehead atoms. The van der Waals surface area contributed by atoms with Crippen molar-refractivity contribution in [2.75, 3.05) is 68.2 Å². The number of anilines is 1. The summed E-state index contributed by atoms with van der Waals surface area (Å²) in [7, 11) is -21.8. The first-order valence-corrected chi connectivity index (χ1v) is 43.1. The van der Waals surface area contributed by atoms with Gasteiger partial charge in [-0.15, -0.1) is 12.6 Å². The third kappa shape index (κ3) is 24.7. The Kier molecular flexibility index (Phi) is 31.4. The van der Waals surface area contributed by atoms with Crippen molar-refractivity contribution >= 4 is 127 Å². The number of rotatable bonds is 36. The second-order valence-electron chi connectivity index (χ2n) is 23.7. The Morgan fingerprint density at radius 1 is 0.908 bits per heavy atom. The number of benzene rings is 2. The molecule has 9 N–H and O–H groups in total. The molecule has 28 nitrogen and oxygen atoms in total. The minimum absolute atomic E-state index is 0.00333. The summed E-state index contributed by atoms with van der Waals surface area (Å²) in [5.41, 5.74) is 13.1. The highest BCUT2D eigenvalue weighted by Gasteiger charge is 2.47. The number of amides is 2. The van der Waals surface area contributed by atoms with E-state index in [2.05, 4.69) is 118 Å². The van der Waals surface area contributed by atoms with E-state index in [0.717, 1.165) is 61.4 Å². The van der Waals surface area contributed by atoms with Gasteiger partial charge in [0.1, 0.15) is 24.8 Å². The fourth-order valence-corrected chi connectivity index (χ4v) is 17.2. The molecule has 1 aromatic heterocycles. The predicted molar refractivity (Wildman–Crippen MR) is 377 cm³/mol. The van der Waals surface area contributed by atoms with Gasteiger partial charge >= 0.3 is 34.1 Å². The van der Waals surface area contributed by atoms with Crippen LogP contribution in [0.3, 0.4) is 0 Å². The number of likely N-dealkylation sites (N-methyl/N-ethyl adjacent to an activating group) is 1. The smallest absolute Gasteiger partial charge is 0.402 e. The Labute approximate surface area is 587 Å². The van der Waals surface area contributed by atoms with Gasteiger partial charge in [0.2, 0.25) is 17.5 Å². The van der Waals surface area contributed by atoms with Crippen LogP contribution in [0.2, 0.25) is 0 Å². The number of aromatic nitrogens is 1. The van der Waals surface area contributed by atoms with Gasteiger partial charge in [0.15, 0.2) is 11.5 Å². The van der Waals surface area contributed by atoms with Gasteiger partial charge in [-0.3, -0.25) is 23.5 Å². The number of phosphoric ester groups is 1. The predicted octanol–water partition coefficient (Wildman–Crippen LogP) is 8.64. The molecule has 98 heavy (non-hydrogen) atoms. The van der Waals surface area contributed by atoms with Gasteiger partial charge in [-0.1, -0.05) is 106 Å². The third-order valence-corrected chi connectivity index (χ3v) is 23.3. The maximum absolute atomic E-state index is 13.3. The molecule has 0 spiro atoms. The van der Waals surface area contributed by atoms with Crippen molar-refractivity contribution in [1.29, 1.82) is 0 Å². The summed E-state index contributed by atoms with van der Waals surface area (Å²) in [6.07, 6.45) is 18.6. The van der Waals surface area contributed by atoms with E-state index < -0.39 is 84.1 Å². The molecule has 0 saturated carbocycles. The van der Waals surface area contributed by atoms with Crippen molar-refractivity contribution in [2.45, 2.75) is 139 Å². The maximum atomic E-state index is 13.3. The van der Waals surface area contributed by atoms with E-state index in [4.69, 9.17) is 58.1 Å². The second-order valence-corrected chi connectivity index (χ2v) is 35.6. The van der Waals surface area contributed by atoms with Crippen LogP contribution < -0.4 is 21.3 Å². The number of hydrogen-bond acceptors (Lipinski definition) is 22. The molecule has 37 heteroatoms. The lowest BCUT2D eigenvalue weighted by Gasteiger charge is -2.25. The number of phosphoric acid groups is 3. The van der Waals surface area contributed by atoms with Crippen LogP contribution in [0.1, 0.15) is 144 Å². The Balaban J connectivity index is 0.00000368. The molecule has 2 aromatic carbocycles. The van der Waals surface area contributed by atoms with Crippen molar-refractivity contribution in [3.63, 3.8) is 0 Å². The molecule has 3 aromatic rings. The molecule has 1 aliphatic carbocycles. The molecule has 540 valence electrons. The Bertz CT molecular complexity index is 4030. The standard InChI is InChI=1S/C61H83N6O19P3S5.O3S/c1-7-65-48-23-17-16-22-46(48)60(2,3)54(65)24-12-10-13-25-55-61(4,5)47-37-45(94(78,79)80)28-29-49(47)66(55)32-18-11-15-27-57(70)64-31-34-91-92-41-81-33-19-9-8-14-26-56(69)63-30-20-21-43-39-67(50-35-44(62)36-51(68)59(43)50)58-38-52(82-42-93(6)90)53(84-58)40-83-88(74,75)86-89(76,77)85-87(71,72)73;1-4(2)3/h10,12-13,16-17,22-25,28-29,35,37,39,52-53,58H,7-9,11,14-15,18-19,26-27,30-34,36,38,40-42H2,1-6H3,(H8-,62,63,64,68,69,70,71,72,73,74,75,76,77,78,79,80);/p+1/t52-,53-,58-,93?;/m1./s1. The zero-order valence-electron chi connectivity index (χ0n) is 54.8. The first-order chi connectivity index (χ1) is 46.0. The number of nitrogens with one attached hydrogen (secondary N) is 2. The minimum Gasteiger partial charge on any atom is -0.402 e. The number of Topliss-reactive ketones (excluding diaryl/α,β-unsaturated/α-hetero) is 1. The summed E-state index contributed by atoms with van der Waals surface area (Å²) in [5, 5.41) is 5.79. The van der Waals surface area contributed by atoms with Crippen molar-refractivity contribution in [1.82, 2.24) is 15.2 Å². The van der Waals surface area contributed by atoms with Gasteiger partial charge < -0.3 is 59.6 Å². The minimum atomic E-state index is -5.77. The Morgan fingerprint density at radius 3 is 2.28 bits per heavy atom. The van der Waals surface area contributed by atoms with Crippen molar-refractivity contribution in [3.8, 4) is 11.8 Å². The Morgan fingerprint density at radius 2 is 1.59 bits per heavy atom. The summed E-state index contributed by atoms with van der Waals surface area (Å²) in [6, 6.07) is 13.3. The average Bonchev–Trinajstić information content (AvgIpc) is 1.63. The zero-order valence-corrected chi connectivity index (χ0v) is 62.4. The molecule has 3 unspecified atom stereocenters. The molecule has 6 atom stereocenters. The third-order valence-electron chi connectivity index (χ3n) is 15.8. The number of ketones is 1. The number of para-hydroxylation sites is 1. The highest BCUT2D eigenvalue weighted by Crippen LogP contribution is 2.66. The van der Waals surface area contributed by atoms with Crippen molar-refractivity contribution in [3.05, 3.63) is 118 Å². The number of nitrogens with zero attached hydrogens (tertiary/aromatic N) is 3. The lowest BCUT2D eigenvalue weighted by Crippen LogP contribution is -2.29. The van der Waals surface area contributed by atoms with Crippen LogP contribution in [0.4, 0.5) is 11.4 Å². The molecule has 7 rings (SSSR count). The average molecular weight is 1540 g/mol. The number of unbranched alkanes of at least 4 members (excludes halogenated alkanes) is 5. The Hall–Kier alpha value is -4.79. The zero-order chi connectivity index (χ0) is 72.2.